The van der Waals surface area contributed by atoms with Crippen LogP contribution in [-0.2, 0) is 16.1 Å². The number of fused-ring (bicyclic) bond motifs is 2. The Bertz CT molecular complexity index is 1530. The number of hydrogen-bond acceptors (Lipinski definition) is 12. The van der Waals surface area contributed by atoms with Crippen LogP contribution in [0.4, 0.5) is 9.93 Å². The Labute approximate surface area is 245 Å². The summed E-state index contributed by atoms with van der Waals surface area (Å²) in [5.74, 6) is 1.88. The van der Waals surface area contributed by atoms with Crippen LogP contribution in [0.5, 0.6) is 11.5 Å². The van der Waals surface area contributed by atoms with E-state index in [1.165, 1.54) is 11.8 Å². The molecule has 1 N–H and O–H groups in total. The lowest BCUT2D eigenvalue weighted by Crippen LogP contribution is -2.50. The molecule has 3 aromatic heterocycles. The van der Waals surface area contributed by atoms with Crippen molar-refractivity contribution in [1.82, 2.24) is 19.5 Å². The first-order valence-electron chi connectivity index (χ1n) is 13.2. The first kappa shape index (κ1) is 27.5. The van der Waals surface area contributed by atoms with Crippen molar-refractivity contribution in [2.45, 2.75) is 43.7 Å². The minimum Gasteiger partial charge on any atom is -0.496 e. The van der Waals surface area contributed by atoms with Crippen LogP contribution in [0, 0.1) is 0 Å². The Morgan fingerprint density at radius 3 is 2.66 bits per heavy atom. The van der Waals surface area contributed by atoms with Crippen molar-refractivity contribution in [1.29, 1.82) is 0 Å². The second kappa shape index (κ2) is 11.0. The number of nitrogens with one attached hydrogen (secondary N) is 1. The summed E-state index contributed by atoms with van der Waals surface area (Å²) in [6.45, 7) is 8.48. The number of carbonyl (C=O) groups is 1. The van der Waals surface area contributed by atoms with Crippen molar-refractivity contribution in [2.24, 2.45) is 0 Å². The van der Waals surface area contributed by atoms with Gasteiger partial charge in [-0.1, -0.05) is 0 Å². The molecule has 1 atom stereocenters. The second-order valence-corrected chi connectivity index (χ2v) is 12.5. The topological polar surface area (TPSA) is 116 Å². The van der Waals surface area contributed by atoms with Gasteiger partial charge < -0.3 is 33.2 Å². The van der Waals surface area contributed by atoms with Gasteiger partial charge in [-0.3, -0.25) is 5.43 Å². The van der Waals surface area contributed by atoms with Crippen LogP contribution in [-0.4, -0.2) is 77.2 Å². The number of thioether (sulfide) groups is 1. The van der Waals surface area contributed by atoms with Crippen LogP contribution < -0.4 is 19.8 Å². The Kier molecular flexibility index (Phi) is 7.38. The largest absolute Gasteiger partial charge is 0.496 e. The van der Waals surface area contributed by atoms with E-state index in [1.807, 2.05) is 55.2 Å². The summed E-state index contributed by atoms with van der Waals surface area (Å²) < 4.78 is 30.5. The molecule has 1 unspecified atom stereocenters. The van der Waals surface area contributed by atoms with Gasteiger partial charge >= 0.3 is 6.09 Å². The van der Waals surface area contributed by atoms with Gasteiger partial charge in [-0.2, -0.15) is 0 Å². The van der Waals surface area contributed by atoms with Gasteiger partial charge in [-0.05, 0) is 38.6 Å². The monoisotopic (exact) mass is 600 g/mol. The lowest BCUT2D eigenvalue weighted by atomic mass is 10.2. The molecule has 1 amide bonds. The van der Waals surface area contributed by atoms with Crippen LogP contribution in [0.25, 0.3) is 22.4 Å². The smallest absolute Gasteiger partial charge is 0.410 e. The van der Waals surface area contributed by atoms with Gasteiger partial charge in [0.1, 0.15) is 35.0 Å². The summed E-state index contributed by atoms with van der Waals surface area (Å²) in [4.78, 5) is 25.8. The molecule has 2 aliphatic heterocycles. The van der Waals surface area contributed by atoms with Gasteiger partial charge in [0.05, 0.1) is 24.4 Å². The Hall–Kier alpha value is -3.62. The fourth-order valence-corrected chi connectivity index (χ4v) is 6.19. The Balaban J connectivity index is 1.12. The van der Waals surface area contributed by atoms with Crippen LogP contribution in [0.15, 0.2) is 39.3 Å². The molecule has 6 rings (SSSR count). The molecule has 5 heterocycles. The summed E-state index contributed by atoms with van der Waals surface area (Å²) in [7, 11) is 3.26. The van der Waals surface area contributed by atoms with E-state index in [0.717, 1.165) is 21.4 Å². The number of piperazine rings is 1. The highest BCUT2D eigenvalue weighted by Gasteiger charge is 2.28. The molecule has 0 bridgehead atoms. The number of hydrogen-bond donors (Lipinski definition) is 1. The number of furan rings is 1. The number of aromatic nitrogens is 3. The van der Waals surface area contributed by atoms with Crippen molar-refractivity contribution in [3.8, 4) is 23.0 Å². The molecule has 218 valence electrons. The van der Waals surface area contributed by atoms with Crippen LogP contribution in [0.1, 0.15) is 26.5 Å². The molecule has 0 spiro atoms. The number of carbonyl (C=O) groups excluding carboxylic acids is 1. The first-order chi connectivity index (χ1) is 19.7. The molecule has 0 saturated carbocycles. The van der Waals surface area contributed by atoms with Crippen LogP contribution in [0.3, 0.4) is 0 Å². The highest BCUT2D eigenvalue weighted by molar-refractivity contribution is 7.99. The number of amides is 1. The molecule has 1 aromatic carbocycles. The molecule has 41 heavy (non-hydrogen) atoms. The number of rotatable bonds is 7. The van der Waals surface area contributed by atoms with Gasteiger partial charge in [-0.25, -0.2) is 19.4 Å². The zero-order chi connectivity index (χ0) is 28.7. The number of benzene rings is 1. The molecule has 12 nitrogen and oxygen atoms in total. The summed E-state index contributed by atoms with van der Waals surface area (Å²) in [6, 6.07) is 5.61. The number of nitrogens with zero attached hydrogens (tertiary/aromatic N) is 5. The Morgan fingerprint density at radius 1 is 1.15 bits per heavy atom. The summed E-state index contributed by atoms with van der Waals surface area (Å²) in [5, 5.41) is 4.52. The highest BCUT2D eigenvalue weighted by Crippen LogP contribution is 2.38. The summed E-state index contributed by atoms with van der Waals surface area (Å²) in [5.41, 5.74) is 4.68. The predicted octanol–water partition coefficient (Wildman–Crippen LogP) is 4.98. The molecule has 2 aliphatic rings. The zero-order valence-corrected chi connectivity index (χ0v) is 25.1. The lowest BCUT2D eigenvalue weighted by Gasteiger charge is -2.35. The molecule has 1 fully saturated rings. The maximum Gasteiger partial charge on any atom is 0.410 e. The minimum absolute atomic E-state index is 0.167. The van der Waals surface area contributed by atoms with E-state index < -0.39 is 5.60 Å². The number of methoxy groups -OCH3 is 2. The number of imidazole rings is 1. The maximum atomic E-state index is 12.4. The number of ether oxygens (including phenoxy) is 4. The van der Waals surface area contributed by atoms with Crippen molar-refractivity contribution in [2.75, 3.05) is 50.7 Å². The van der Waals surface area contributed by atoms with Crippen molar-refractivity contribution >= 4 is 45.3 Å². The van der Waals surface area contributed by atoms with Crippen molar-refractivity contribution in [3.05, 3.63) is 35.5 Å². The van der Waals surface area contributed by atoms with E-state index in [0.29, 0.717) is 54.7 Å². The predicted molar refractivity (Wildman–Crippen MR) is 156 cm³/mol. The second-order valence-electron chi connectivity index (χ2n) is 10.6. The molecular weight excluding hydrogens is 568 g/mol. The number of thiazole rings is 1. The van der Waals surface area contributed by atoms with Gasteiger partial charge in [0.15, 0.2) is 21.6 Å². The fourth-order valence-electron chi connectivity index (χ4n) is 4.51. The van der Waals surface area contributed by atoms with E-state index in [2.05, 4.69) is 15.3 Å². The molecule has 0 radical (unpaired) electrons. The molecule has 4 aromatic rings. The summed E-state index contributed by atoms with van der Waals surface area (Å²) >= 11 is 3.05. The zero-order valence-electron chi connectivity index (χ0n) is 23.5. The van der Waals surface area contributed by atoms with Gasteiger partial charge in [0, 0.05) is 50.8 Å². The molecule has 0 aliphatic carbocycles. The average Bonchev–Trinajstić information content (AvgIpc) is 3.73. The standard InChI is InChI=1S/C27H32N6O6S2/c1-27(2,3)39-26(34)32-8-6-31(7-9-32)23-28-16(15-40-23)14-37-20-10-17(35-4)11-21-18(20)12-22(38-21)19-13-33-24(29-19)41-25(30-33)36-5/h10-13,15,25,30H,6-9,14H2,1-5H3. The average molecular weight is 601 g/mol. The SMILES string of the molecule is COc1cc(OCc2csc(N3CCN(C(=O)OC(C)(C)C)CC3)n2)c2cc(-c3cn4c(n3)SC(OC)N4)oc2c1. The van der Waals surface area contributed by atoms with Gasteiger partial charge in [0.25, 0.3) is 0 Å². The van der Waals surface area contributed by atoms with E-state index in [4.69, 9.17) is 28.3 Å². The van der Waals surface area contributed by atoms with E-state index >= 15 is 0 Å². The third kappa shape index (κ3) is 5.90. The molecule has 14 heteroatoms. The van der Waals surface area contributed by atoms with Crippen molar-refractivity contribution in [3.63, 3.8) is 0 Å². The summed E-state index contributed by atoms with van der Waals surface area (Å²) in [6.07, 6.45) is 1.60. The number of anilines is 1. The third-order valence-corrected chi connectivity index (χ3v) is 8.48. The van der Waals surface area contributed by atoms with Gasteiger partial charge in [0.2, 0.25) is 0 Å². The quantitative estimate of drug-likeness (QED) is 0.310. The van der Waals surface area contributed by atoms with E-state index in [1.54, 1.807) is 30.5 Å². The van der Waals surface area contributed by atoms with Crippen LogP contribution in [0.2, 0.25) is 0 Å². The molecular formula is C27H32N6O6S2. The Morgan fingerprint density at radius 2 is 1.95 bits per heavy atom. The first-order valence-corrected chi connectivity index (χ1v) is 14.9. The van der Waals surface area contributed by atoms with Gasteiger partial charge in [-0.15, -0.1) is 11.3 Å². The van der Waals surface area contributed by atoms with E-state index in [-0.39, 0.29) is 18.3 Å². The van der Waals surface area contributed by atoms with Crippen LogP contribution >= 0.6 is 23.1 Å². The van der Waals surface area contributed by atoms with E-state index in [9.17, 15) is 4.79 Å². The fraction of sp³-hybridized carbons (Fsp3) is 0.444. The minimum atomic E-state index is -0.505. The maximum absolute atomic E-state index is 12.4. The normalized spacial score (nSPS) is 17.0. The van der Waals surface area contributed by atoms with Crippen molar-refractivity contribution < 1.29 is 28.2 Å². The highest BCUT2D eigenvalue weighted by atomic mass is 32.2. The lowest BCUT2D eigenvalue weighted by molar-refractivity contribution is 0.0240. The molecule has 1 saturated heterocycles. The third-order valence-electron chi connectivity index (χ3n) is 6.52.